The lowest BCUT2D eigenvalue weighted by molar-refractivity contribution is 0.541. The van der Waals surface area contributed by atoms with Crippen molar-refractivity contribution in [1.29, 1.82) is 0 Å². The minimum Gasteiger partial charge on any atom is -0.313 e. The molecule has 0 spiro atoms. The van der Waals surface area contributed by atoms with E-state index < -0.39 is 0 Å². The highest BCUT2D eigenvalue weighted by atomic mass is 15.1. The van der Waals surface area contributed by atoms with Crippen molar-refractivity contribution in [2.75, 3.05) is 7.05 Å². The fourth-order valence-corrected chi connectivity index (χ4v) is 2.33. The number of hydrogen-bond donors (Lipinski definition) is 1. The molecule has 0 saturated carbocycles. The number of aromatic nitrogens is 2. The molecule has 3 heteroatoms. The maximum absolute atomic E-state index is 4.21. The summed E-state index contributed by atoms with van der Waals surface area (Å²) in [6.07, 6.45) is 2.12. The molecule has 0 fully saturated rings. The molecular formula is C16H21N3. The second-order valence-electron chi connectivity index (χ2n) is 4.89. The maximum Gasteiger partial charge on any atom is 0.0648 e. The highest BCUT2D eigenvalue weighted by Gasteiger charge is 2.13. The smallest absolute Gasteiger partial charge is 0.0648 e. The third-order valence-electron chi connectivity index (χ3n) is 3.43. The predicted molar refractivity (Wildman–Crippen MR) is 78.1 cm³/mol. The Kier molecular flexibility index (Phi) is 4.63. The summed E-state index contributed by atoms with van der Waals surface area (Å²) >= 11 is 0. The van der Waals surface area contributed by atoms with Crippen LogP contribution in [0.25, 0.3) is 0 Å². The Hall–Kier alpha value is -1.74. The monoisotopic (exact) mass is 255 g/mol. The standard InChI is InChI=1S/C16H21N3/c1-12-11-15(13(2)19-18-12)16(17-3)10-9-14-7-5-4-6-8-14/h4-8,11,16-17H,9-10H2,1-3H3. The van der Waals surface area contributed by atoms with E-state index in [1.54, 1.807) is 0 Å². The van der Waals surface area contributed by atoms with Crippen LogP contribution in [0, 0.1) is 13.8 Å². The van der Waals surface area contributed by atoms with Crippen molar-refractivity contribution < 1.29 is 0 Å². The average molecular weight is 255 g/mol. The van der Waals surface area contributed by atoms with E-state index in [-0.39, 0.29) is 0 Å². The molecule has 0 aliphatic rings. The van der Waals surface area contributed by atoms with Crippen molar-refractivity contribution in [2.45, 2.75) is 32.7 Å². The molecule has 1 aromatic carbocycles. The van der Waals surface area contributed by atoms with Crippen LogP contribution in [0.2, 0.25) is 0 Å². The minimum absolute atomic E-state index is 0.328. The summed E-state index contributed by atoms with van der Waals surface area (Å²) in [4.78, 5) is 0. The molecule has 3 nitrogen and oxygen atoms in total. The zero-order chi connectivity index (χ0) is 13.7. The quantitative estimate of drug-likeness (QED) is 0.892. The lowest BCUT2D eigenvalue weighted by atomic mass is 9.98. The maximum atomic E-state index is 4.21. The third kappa shape index (κ3) is 3.61. The molecule has 100 valence electrons. The number of rotatable bonds is 5. The van der Waals surface area contributed by atoms with Crippen molar-refractivity contribution in [3.8, 4) is 0 Å². The Morgan fingerprint density at radius 3 is 2.53 bits per heavy atom. The number of aryl methyl sites for hydroxylation is 3. The Morgan fingerprint density at radius 2 is 1.84 bits per heavy atom. The van der Waals surface area contributed by atoms with Gasteiger partial charge in [-0.3, -0.25) is 0 Å². The molecule has 2 aromatic rings. The summed E-state index contributed by atoms with van der Waals surface area (Å²) in [5.41, 5.74) is 4.61. The fourth-order valence-electron chi connectivity index (χ4n) is 2.33. The molecule has 1 unspecified atom stereocenters. The summed E-state index contributed by atoms with van der Waals surface area (Å²) < 4.78 is 0. The first kappa shape index (κ1) is 13.7. The van der Waals surface area contributed by atoms with Crippen molar-refractivity contribution in [3.63, 3.8) is 0 Å². The van der Waals surface area contributed by atoms with E-state index in [4.69, 9.17) is 0 Å². The molecule has 0 aliphatic heterocycles. The molecule has 1 heterocycles. The van der Waals surface area contributed by atoms with E-state index in [0.717, 1.165) is 24.2 Å². The first-order valence-electron chi connectivity index (χ1n) is 6.72. The number of benzene rings is 1. The van der Waals surface area contributed by atoms with E-state index in [9.17, 15) is 0 Å². The summed E-state index contributed by atoms with van der Waals surface area (Å²) in [7, 11) is 2.00. The highest BCUT2D eigenvalue weighted by Crippen LogP contribution is 2.21. The van der Waals surface area contributed by atoms with Crippen molar-refractivity contribution in [1.82, 2.24) is 15.5 Å². The normalized spacial score (nSPS) is 12.4. The molecule has 19 heavy (non-hydrogen) atoms. The Labute approximate surface area is 115 Å². The van der Waals surface area contributed by atoms with Gasteiger partial charge in [0.25, 0.3) is 0 Å². The van der Waals surface area contributed by atoms with Gasteiger partial charge in [-0.25, -0.2) is 0 Å². The van der Waals surface area contributed by atoms with Crippen molar-refractivity contribution in [2.24, 2.45) is 0 Å². The molecule has 0 bridgehead atoms. The van der Waals surface area contributed by atoms with Crippen LogP contribution in [-0.2, 0) is 6.42 Å². The molecule has 0 radical (unpaired) electrons. The second-order valence-corrected chi connectivity index (χ2v) is 4.89. The van der Waals surface area contributed by atoms with Gasteiger partial charge in [0.15, 0.2) is 0 Å². The van der Waals surface area contributed by atoms with E-state index in [2.05, 4.69) is 51.9 Å². The van der Waals surface area contributed by atoms with E-state index in [1.165, 1.54) is 11.1 Å². The summed E-state index contributed by atoms with van der Waals surface area (Å²) in [5.74, 6) is 0. The van der Waals surface area contributed by atoms with Crippen LogP contribution < -0.4 is 5.32 Å². The summed E-state index contributed by atoms with van der Waals surface area (Å²) in [5, 5.41) is 11.7. The average Bonchev–Trinajstić information content (AvgIpc) is 2.44. The first-order valence-corrected chi connectivity index (χ1v) is 6.72. The molecule has 0 saturated heterocycles. The van der Waals surface area contributed by atoms with Crippen molar-refractivity contribution in [3.05, 3.63) is 58.9 Å². The van der Waals surface area contributed by atoms with Gasteiger partial charge in [0, 0.05) is 6.04 Å². The zero-order valence-corrected chi connectivity index (χ0v) is 11.9. The minimum atomic E-state index is 0.328. The molecule has 0 amide bonds. The van der Waals surface area contributed by atoms with Crippen LogP contribution in [0.15, 0.2) is 36.4 Å². The first-order chi connectivity index (χ1) is 9.20. The van der Waals surface area contributed by atoms with Gasteiger partial charge in [-0.1, -0.05) is 30.3 Å². The van der Waals surface area contributed by atoms with Gasteiger partial charge in [0.05, 0.1) is 11.4 Å². The molecule has 1 atom stereocenters. The van der Waals surface area contributed by atoms with Crippen LogP contribution in [0.5, 0.6) is 0 Å². The van der Waals surface area contributed by atoms with Crippen LogP contribution in [0.4, 0.5) is 0 Å². The van der Waals surface area contributed by atoms with Crippen molar-refractivity contribution >= 4 is 0 Å². The number of nitrogens with zero attached hydrogens (tertiary/aromatic N) is 2. The van der Waals surface area contributed by atoms with Gasteiger partial charge in [0.2, 0.25) is 0 Å². The molecule has 1 aromatic heterocycles. The second kappa shape index (κ2) is 6.43. The van der Waals surface area contributed by atoms with E-state index in [1.807, 2.05) is 20.9 Å². The van der Waals surface area contributed by atoms with Gasteiger partial charge in [-0.15, -0.1) is 0 Å². The highest BCUT2D eigenvalue weighted by molar-refractivity contribution is 5.24. The Morgan fingerprint density at radius 1 is 1.11 bits per heavy atom. The van der Waals surface area contributed by atoms with Crippen LogP contribution in [-0.4, -0.2) is 17.2 Å². The Bertz CT molecular complexity index is 523. The van der Waals surface area contributed by atoms with Gasteiger partial charge < -0.3 is 5.32 Å². The van der Waals surface area contributed by atoms with Gasteiger partial charge in [0.1, 0.15) is 0 Å². The molecule has 0 aliphatic carbocycles. The molecule has 2 rings (SSSR count). The van der Waals surface area contributed by atoms with E-state index >= 15 is 0 Å². The molecule has 1 N–H and O–H groups in total. The largest absolute Gasteiger partial charge is 0.313 e. The van der Waals surface area contributed by atoms with Crippen LogP contribution >= 0.6 is 0 Å². The van der Waals surface area contributed by atoms with Crippen LogP contribution in [0.3, 0.4) is 0 Å². The fraction of sp³-hybridized carbons (Fsp3) is 0.375. The zero-order valence-electron chi connectivity index (χ0n) is 11.9. The number of nitrogens with one attached hydrogen (secondary N) is 1. The van der Waals surface area contributed by atoms with Gasteiger partial charge >= 0.3 is 0 Å². The van der Waals surface area contributed by atoms with Gasteiger partial charge in [-0.2, -0.15) is 10.2 Å². The lowest BCUT2D eigenvalue weighted by Crippen LogP contribution is -2.19. The van der Waals surface area contributed by atoms with E-state index in [0.29, 0.717) is 6.04 Å². The Balaban J connectivity index is 2.10. The van der Waals surface area contributed by atoms with Crippen LogP contribution in [0.1, 0.15) is 35.0 Å². The SMILES string of the molecule is CNC(CCc1ccccc1)c1cc(C)nnc1C. The topological polar surface area (TPSA) is 37.8 Å². The number of hydrogen-bond acceptors (Lipinski definition) is 3. The lowest BCUT2D eigenvalue weighted by Gasteiger charge is -2.18. The molecular weight excluding hydrogens is 234 g/mol. The summed E-state index contributed by atoms with van der Waals surface area (Å²) in [6, 6.07) is 13.0. The summed E-state index contributed by atoms with van der Waals surface area (Å²) in [6.45, 7) is 4.01. The van der Waals surface area contributed by atoms with Gasteiger partial charge in [-0.05, 0) is 50.9 Å². The predicted octanol–water partition coefficient (Wildman–Crippen LogP) is 2.99. The third-order valence-corrected chi connectivity index (χ3v) is 3.43.